The van der Waals surface area contributed by atoms with Crippen molar-refractivity contribution in [2.75, 3.05) is 24.1 Å². The van der Waals surface area contributed by atoms with E-state index in [9.17, 15) is 0 Å². The van der Waals surface area contributed by atoms with E-state index >= 15 is 0 Å². The molecule has 3 heteroatoms. The van der Waals surface area contributed by atoms with E-state index in [0.717, 1.165) is 5.69 Å². The molecule has 0 saturated carbocycles. The van der Waals surface area contributed by atoms with Gasteiger partial charge in [-0.15, -0.1) is 0 Å². The second-order valence-electron chi connectivity index (χ2n) is 5.00. The van der Waals surface area contributed by atoms with E-state index in [1.807, 2.05) is 49.5 Å². The predicted molar refractivity (Wildman–Crippen MR) is 83.6 cm³/mol. The molecule has 1 atom stereocenters. The van der Waals surface area contributed by atoms with Crippen molar-refractivity contribution in [2.24, 2.45) is 0 Å². The quantitative estimate of drug-likeness (QED) is 0.789. The third-order valence-electron chi connectivity index (χ3n) is 3.28. The molecule has 1 aliphatic heterocycles. The van der Waals surface area contributed by atoms with E-state index in [1.165, 1.54) is 11.3 Å². The topological polar surface area (TPSA) is 18.8 Å². The molecule has 1 saturated heterocycles. The van der Waals surface area contributed by atoms with Crippen LogP contribution in [0.5, 0.6) is 0 Å². The molecule has 0 amide bonds. The zero-order valence-corrected chi connectivity index (χ0v) is 11.7. The molecule has 0 N–H and O–H groups in total. The van der Waals surface area contributed by atoms with Gasteiger partial charge in [-0.3, -0.25) is 0 Å². The Balaban J connectivity index is 1.62. The van der Waals surface area contributed by atoms with Crippen LogP contribution in [0.25, 0.3) is 6.08 Å². The zero-order chi connectivity index (χ0) is 13.9. The van der Waals surface area contributed by atoms with Crippen LogP contribution < -0.4 is 9.96 Å². The van der Waals surface area contributed by atoms with Gasteiger partial charge in [0.05, 0.1) is 5.69 Å². The van der Waals surface area contributed by atoms with Gasteiger partial charge in [-0.25, -0.2) is 9.90 Å². The molecule has 2 aromatic carbocycles. The molecule has 0 aliphatic carbocycles. The Labute approximate surface area is 119 Å². The first-order chi connectivity index (χ1) is 9.74. The van der Waals surface area contributed by atoms with E-state index in [-0.39, 0.29) is 6.23 Å². The average Bonchev–Trinajstić information content (AvgIpc) is 3.26. The molecule has 1 unspecified atom stereocenters. The Kier molecular flexibility index (Phi) is 3.44. The molecule has 2 aromatic rings. The molecule has 0 bridgehead atoms. The molecule has 1 heterocycles. The second-order valence-corrected chi connectivity index (χ2v) is 5.00. The van der Waals surface area contributed by atoms with Crippen molar-refractivity contribution in [2.45, 2.75) is 6.23 Å². The molecule has 0 spiro atoms. The number of anilines is 2. The summed E-state index contributed by atoms with van der Waals surface area (Å²) in [7, 11) is 4.08. The van der Waals surface area contributed by atoms with E-state index < -0.39 is 0 Å². The van der Waals surface area contributed by atoms with Crippen LogP contribution >= 0.6 is 0 Å². The monoisotopic (exact) mass is 266 g/mol. The van der Waals surface area contributed by atoms with Crippen LogP contribution in [0.4, 0.5) is 11.4 Å². The highest BCUT2D eigenvalue weighted by Crippen LogP contribution is 2.30. The SMILES string of the molecule is CN(C)c1ccc(C=CC2ON2c2ccccc2)cc1. The van der Waals surface area contributed by atoms with E-state index in [4.69, 9.17) is 4.84 Å². The Morgan fingerprint density at radius 1 is 1.00 bits per heavy atom. The largest absolute Gasteiger partial charge is 0.378 e. The lowest BCUT2D eigenvalue weighted by Gasteiger charge is -2.11. The Morgan fingerprint density at radius 3 is 2.35 bits per heavy atom. The van der Waals surface area contributed by atoms with Gasteiger partial charge in [0.2, 0.25) is 0 Å². The lowest BCUT2D eigenvalue weighted by Crippen LogP contribution is -2.07. The van der Waals surface area contributed by atoms with Crippen LogP contribution in [0.3, 0.4) is 0 Å². The molecule has 0 radical (unpaired) electrons. The number of rotatable bonds is 4. The molecule has 0 aromatic heterocycles. The summed E-state index contributed by atoms with van der Waals surface area (Å²) in [5.41, 5.74) is 3.47. The highest BCUT2D eigenvalue weighted by Gasteiger charge is 2.33. The first-order valence-corrected chi connectivity index (χ1v) is 6.71. The first-order valence-electron chi connectivity index (χ1n) is 6.71. The third kappa shape index (κ3) is 2.83. The van der Waals surface area contributed by atoms with Crippen LogP contribution in [0.1, 0.15) is 5.56 Å². The maximum Gasteiger partial charge on any atom is 0.200 e. The summed E-state index contributed by atoms with van der Waals surface area (Å²) in [6.07, 6.45) is 4.20. The van der Waals surface area contributed by atoms with Gasteiger partial charge in [0.15, 0.2) is 6.23 Å². The van der Waals surface area contributed by atoms with Gasteiger partial charge in [-0.2, -0.15) is 0 Å². The summed E-state index contributed by atoms with van der Waals surface area (Å²) >= 11 is 0. The minimum absolute atomic E-state index is 0.0472. The van der Waals surface area contributed by atoms with Gasteiger partial charge in [0.25, 0.3) is 0 Å². The molecular weight excluding hydrogens is 248 g/mol. The van der Waals surface area contributed by atoms with E-state index in [2.05, 4.69) is 41.3 Å². The van der Waals surface area contributed by atoms with Crippen molar-refractivity contribution in [1.82, 2.24) is 0 Å². The van der Waals surface area contributed by atoms with Gasteiger partial charge in [0, 0.05) is 19.8 Å². The number of benzene rings is 2. The highest BCUT2D eigenvalue weighted by molar-refractivity contribution is 5.57. The molecule has 1 aliphatic rings. The van der Waals surface area contributed by atoms with Crippen LogP contribution in [0.2, 0.25) is 0 Å². The third-order valence-corrected chi connectivity index (χ3v) is 3.28. The molecule has 1 fully saturated rings. The summed E-state index contributed by atoms with van der Waals surface area (Å²) in [4.78, 5) is 7.62. The molecular formula is C17H18N2O. The highest BCUT2D eigenvalue weighted by atomic mass is 16.8. The fraction of sp³-hybridized carbons (Fsp3) is 0.176. The molecule has 20 heavy (non-hydrogen) atoms. The van der Waals surface area contributed by atoms with Crippen molar-refractivity contribution in [1.29, 1.82) is 0 Å². The maximum absolute atomic E-state index is 5.53. The fourth-order valence-electron chi connectivity index (χ4n) is 2.06. The zero-order valence-electron chi connectivity index (χ0n) is 11.7. The van der Waals surface area contributed by atoms with Crippen LogP contribution in [-0.2, 0) is 4.84 Å². The fourth-order valence-corrected chi connectivity index (χ4v) is 2.06. The minimum atomic E-state index is 0.0472. The predicted octanol–water partition coefficient (Wildman–Crippen LogP) is 3.54. The molecule has 3 rings (SSSR count). The Hall–Kier alpha value is -2.26. The number of hydrogen-bond acceptors (Lipinski definition) is 3. The normalized spacial score (nSPS) is 17.5. The van der Waals surface area contributed by atoms with E-state index in [0.29, 0.717) is 0 Å². The van der Waals surface area contributed by atoms with Gasteiger partial charge < -0.3 is 4.90 Å². The van der Waals surface area contributed by atoms with Gasteiger partial charge in [0.1, 0.15) is 0 Å². The number of hydroxylamine groups is 1. The Morgan fingerprint density at radius 2 is 1.70 bits per heavy atom. The van der Waals surface area contributed by atoms with Crippen molar-refractivity contribution < 1.29 is 4.84 Å². The van der Waals surface area contributed by atoms with E-state index in [1.54, 1.807) is 0 Å². The summed E-state index contributed by atoms with van der Waals surface area (Å²) in [5.74, 6) is 0. The minimum Gasteiger partial charge on any atom is -0.378 e. The first kappa shape index (κ1) is 12.8. The van der Waals surface area contributed by atoms with Gasteiger partial charge >= 0.3 is 0 Å². The van der Waals surface area contributed by atoms with Gasteiger partial charge in [-0.05, 0) is 35.9 Å². The van der Waals surface area contributed by atoms with Crippen molar-refractivity contribution >= 4 is 17.5 Å². The number of hydrogen-bond donors (Lipinski definition) is 0. The van der Waals surface area contributed by atoms with Crippen molar-refractivity contribution in [3.05, 3.63) is 66.2 Å². The van der Waals surface area contributed by atoms with Crippen LogP contribution in [0, 0.1) is 0 Å². The second kappa shape index (κ2) is 5.39. The number of para-hydroxylation sites is 1. The summed E-state index contributed by atoms with van der Waals surface area (Å²) in [5, 5.41) is 1.89. The number of nitrogens with zero attached hydrogens (tertiary/aromatic N) is 2. The molecule has 3 nitrogen and oxygen atoms in total. The van der Waals surface area contributed by atoms with Gasteiger partial charge in [-0.1, -0.05) is 36.4 Å². The summed E-state index contributed by atoms with van der Waals surface area (Å²) < 4.78 is 0. The lowest BCUT2D eigenvalue weighted by atomic mass is 10.2. The standard InChI is InChI=1S/C17H18N2O/c1-18(2)15-11-8-14(9-12-15)10-13-17-19(20-17)16-6-4-3-5-7-16/h3-13,17H,1-2H3. The van der Waals surface area contributed by atoms with Crippen LogP contribution in [0.15, 0.2) is 60.7 Å². The van der Waals surface area contributed by atoms with Crippen molar-refractivity contribution in [3.8, 4) is 0 Å². The summed E-state index contributed by atoms with van der Waals surface area (Å²) in [6, 6.07) is 18.6. The molecule has 102 valence electrons. The lowest BCUT2D eigenvalue weighted by molar-refractivity contribution is 0.423. The smallest absolute Gasteiger partial charge is 0.200 e. The maximum atomic E-state index is 5.53. The average molecular weight is 266 g/mol. The van der Waals surface area contributed by atoms with Crippen molar-refractivity contribution in [3.63, 3.8) is 0 Å². The Bertz CT molecular complexity index is 590. The van der Waals surface area contributed by atoms with Crippen LogP contribution in [-0.4, -0.2) is 20.3 Å². The summed E-state index contributed by atoms with van der Waals surface area (Å²) in [6.45, 7) is 0.